The van der Waals surface area contributed by atoms with Gasteiger partial charge in [-0.3, -0.25) is 4.79 Å². The number of fused-ring (bicyclic) bond motifs is 2. The van der Waals surface area contributed by atoms with Gasteiger partial charge in [0, 0.05) is 16.6 Å². The van der Waals surface area contributed by atoms with Crippen LogP contribution < -0.4 is 5.32 Å². The lowest BCUT2D eigenvalue weighted by atomic mass is 9.96. The molecule has 6 nitrogen and oxygen atoms in total. The van der Waals surface area contributed by atoms with Crippen LogP contribution in [-0.2, 0) is 19.2 Å². The maximum absolute atomic E-state index is 13.7. The Kier molecular flexibility index (Phi) is 7.57. The van der Waals surface area contributed by atoms with E-state index in [9.17, 15) is 13.2 Å². The molecule has 30 heavy (non-hydrogen) atoms. The van der Waals surface area contributed by atoms with Crippen molar-refractivity contribution in [2.45, 2.75) is 81.2 Å². The number of carbonyl (C=O) groups is 1. The number of nitrogens with one attached hydrogen (secondary N) is 1. The molecule has 2 fully saturated rings. The van der Waals surface area contributed by atoms with E-state index < -0.39 is 30.4 Å². The predicted octanol–water partition coefficient (Wildman–Crippen LogP) is 4.43. The highest BCUT2D eigenvalue weighted by Gasteiger charge is 2.50. The van der Waals surface area contributed by atoms with Gasteiger partial charge in [0.15, 0.2) is 8.32 Å². The van der Waals surface area contributed by atoms with Crippen molar-refractivity contribution in [1.29, 1.82) is 0 Å². The van der Waals surface area contributed by atoms with Crippen molar-refractivity contribution < 1.29 is 17.6 Å². The SMILES string of the molecule is CC[Si](CC)(CC)OC1CNC(=O)C2CCCC1N2S(=O)(=O)c1cc(Cl)cc(Cl)c1. The molecule has 1 amide bonds. The van der Waals surface area contributed by atoms with E-state index in [1.54, 1.807) is 0 Å². The van der Waals surface area contributed by atoms with Crippen LogP contribution in [0.15, 0.2) is 23.1 Å². The molecule has 3 rings (SSSR count). The fourth-order valence-corrected chi connectivity index (χ4v) is 10.1. The number of hydrogen-bond acceptors (Lipinski definition) is 4. The van der Waals surface area contributed by atoms with Gasteiger partial charge in [0.2, 0.25) is 15.9 Å². The minimum absolute atomic E-state index is 0.00957. The number of halogens is 2. The van der Waals surface area contributed by atoms with Gasteiger partial charge in [-0.15, -0.1) is 0 Å². The standard InChI is InChI=1S/C20H30Cl2N2O4SSi/c1-4-30(5-2,6-3)28-19-13-23-20(25)18-9-7-8-17(19)24(18)29(26,27)16-11-14(21)10-15(22)12-16/h10-12,17-19H,4-9,13H2,1-3H3,(H,23,25). The molecule has 168 valence electrons. The van der Waals surface area contributed by atoms with Crippen molar-refractivity contribution in [1.82, 2.24) is 9.62 Å². The van der Waals surface area contributed by atoms with Crippen LogP contribution in [0.2, 0.25) is 28.2 Å². The Morgan fingerprint density at radius 3 is 2.27 bits per heavy atom. The van der Waals surface area contributed by atoms with Crippen molar-refractivity contribution in [3.05, 3.63) is 28.2 Å². The predicted molar refractivity (Wildman–Crippen MR) is 122 cm³/mol. The molecule has 0 spiro atoms. The van der Waals surface area contributed by atoms with E-state index in [0.29, 0.717) is 19.4 Å². The molecule has 0 saturated carbocycles. The molecule has 2 heterocycles. The maximum atomic E-state index is 13.7. The van der Waals surface area contributed by atoms with Crippen LogP contribution in [0.25, 0.3) is 0 Å². The summed E-state index contributed by atoms with van der Waals surface area (Å²) in [7, 11) is -6.00. The van der Waals surface area contributed by atoms with E-state index in [-0.39, 0.29) is 27.0 Å². The van der Waals surface area contributed by atoms with Gasteiger partial charge in [0.05, 0.1) is 17.0 Å². The first kappa shape index (κ1) is 24.0. The molecule has 2 bridgehead atoms. The second kappa shape index (κ2) is 9.46. The molecule has 2 saturated heterocycles. The van der Waals surface area contributed by atoms with Crippen LogP contribution in [-0.4, -0.2) is 51.7 Å². The van der Waals surface area contributed by atoms with Crippen molar-refractivity contribution in [2.75, 3.05) is 6.54 Å². The number of benzene rings is 1. The van der Waals surface area contributed by atoms with Gasteiger partial charge in [-0.1, -0.05) is 44.0 Å². The first-order valence-electron chi connectivity index (χ1n) is 10.6. The smallest absolute Gasteiger partial charge is 0.244 e. The highest BCUT2D eigenvalue weighted by atomic mass is 35.5. The molecule has 2 aliphatic heterocycles. The van der Waals surface area contributed by atoms with Crippen LogP contribution in [0.5, 0.6) is 0 Å². The summed E-state index contributed by atoms with van der Waals surface area (Å²) in [6, 6.07) is 5.99. The molecule has 3 atom stereocenters. The summed E-state index contributed by atoms with van der Waals surface area (Å²) in [5.74, 6) is -0.265. The maximum Gasteiger partial charge on any atom is 0.244 e. The van der Waals surface area contributed by atoms with Gasteiger partial charge >= 0.3 is 0 Å². The summed E-state index contributed by atoms with van der Waals surface area (Å²) in [6.45, 7) is 6.75. The first-order chi connectivity index (χ1) is 14.2. The van der Waals surface area contributed by atoms with E-state index in [4.69, 9.17) is 27.6 Å². The summed E-state index contributed by atoms with van der Waals surface area (Å²) in [6.07, 6.45) is 1.56. The number of amides is 1. The van der Waals surface area contributed by atoms with E-state index in [1.165, 1.54) is 22.5 Å². The van der Waals surface area contributed by atoms with Crippen LogP contribution in [0, 0.1) is 0 Å². The van der Waals surface area contributed by atoms with Crippen molar-refractivity contribution in [2.24, 2.45) is 0 Å². The van der Waals surface area contributed by atoms with Crippen molar-refractivity contribution in [3.8, 4) is 0 Å². The number of rotatable bonds is 7. The number of nitrogens with zero attached hydrogens (tertiary/aromatic N) is 1. The van der Waals surface area contributed by atoms with Crippen LogP contribution in [0.4, 0.5) is 0 Å². The summed E-state index contributed by atoms with van der Waals surface area (Å²) in [5, 5.41) is 3.42. The lowest BCUT2D eigenvalue weighted by molar-refractivity contribution is -0.125. The normalized spacial score (nSPS) is 25.6. The first-order valence-corrected chi connectivity index (χ1v) is 15.3. The van der Waals surface area contributed by atoms with E-state index in [2.05, 4.69) is 26.1 Å². The van der Waals surface area contributed by atoms with E-state index in [0.717, 1.165) is 24.6 Å². The zero-order chi connectivity index (χ0) is 22.1. The highest BCUT2D eigenvalue weighted by molar-refractivity contribution is 7.89. The Labute approximate surface area is 190 Å². The fraction of sp³-hybridized carbons (Fsp3) is 0.650. The van der Waals surface area contributed by atoms with Gasteiger partial charge in [0.1, 0.15) is 6.04 Å². The van der Waals surface area contributed by atoms with Crippen molar-refractivity contribution in [3.63, 3.8) is 0 Å². The van der Waals surface area contributed by atoms with Crippen molar-refractivity contribution >= 4 is 47.4 Å². The second-order valence-corrected chi connectivity index (χ2v) is 15.5. The molecule has 0 aromatic heterocycles. The lowest BCUT2D eigenvalue weighted by Crippen LogP contribution is -2.57. The quantitative estimate of drug-likeness (QED) is 0.571. The van der Waals surface area contributed by atoms with Gasteiger partial charge in [0.25, 0.3) is 0 Å². The summed E-state index contributed by atoms with van der Waals surface area (Å²) >= 11 is 12.2. The molecule has 0 aliphatic carbocycles. The van der Waals surface area contributed by atoms with Gasteiger partial charge in [-0.25, -0.2) is 8.42 Å². The van der Waals surface area contributed by atoms with Crippen LogP contribution in [0.1, 0.15) is 40.0 Å². The molecular weight excluding hydrogens is 463 g/mol. The Bertz CT molecular complexity index is 866. The van der Waals surface area contributed by atoms with Crippen LogP contribution >= 0.6 is 23.2 Å². The summed E-state index contributed by atoms with van der Waals surface area (Å²) < 4.78 is 35.5. The third-order valence-electron chi connectivity index (χ3n) is 6.57. The topological polar surface area (TPSA) is 75.7 Å². The molecule has 1 aromatic rings. The molecular formula is C20H30Cl2N2O4SSi. The number of sulfonamides is 1. The van der Waals surface area contributed by atoms with E-state index >= 15 is 0 Å². The van der Waals surface area contributed by atoms with Gasteiger partial charge in [-0.05, 0) is 55.6 Å². The molecule has 3 unspecified atom stereocenters. The van der Waals surface area contributed by atoms with Gasteiger partial charge in [-0.2, -0.15) is 4.31 Å². The largest absolute Gasteiger partial charge is 0.411 e. The van der Waals surface area contributed by atoms with E-state index in [1.807, 2.05) is 0 Å². The molecule has 1 N–H and O–H groups in total. The third-order valence-corrected chi connectivity index (χ3v) is 13.6. The number of hydrogen-bond donors (Lipinski definition) is 1. The third kappa shape index (κ3) is 4.59. The highest BCUT2D eigenvalue weighted by Crippen LogP contribution is 2.37. The molecule has 10 heteroatoms. The minimum Gasteiger partial charge on any atom is -0.411 e. The lowest BCUT2D eigenvalue weighted by Gasteiger charge is -2.43. The zero-order valence-electron chi connectivity index (χ0n) is 17.7. The summed E-state index contributed by atoms with van der Waals surface area (Å²) in [4.78, 5) is 12.9. The number of piperidine rings is 1. The fourth-order valence-electron chi connectivity index (χ4n) is 4.64. The Morgan fingerprint density at radius 2 is 1.70 bits per heavy atom. The molecule has 1 aromatic carbocycles. The Morgan fingerprint density at radius 1 is 1.10 bits per heavy atom. The Hall–Kier alpha value is -0.643. The minimum atomic E-state index is -3.99. The van der Waals surface area contributed by atoms with Gasteiger partial charge < -0.3 is 9.74 Å². The monoisotopic (exact) mass is 492 g/mol. The Balaban J connectivity index is 2.06. The average molecular weight is 494 g/mol. The van der Waals surface area contributed by atoms with Crippen LogP contribution in [0.3, 0.4) is 0 Å². The average Bonchev–Trinajstić information content (AvgIpc) is 2.80. The number of carbonyl (C=O) groups excluding carboxylic acids is 1. The zero-order valence-corrected chi connectivity index (χ0v) is 21.0. The molecule has 0 radical (unpaired) electrons. The molecule has 2 aliphatic rings. The summed E-state index contributed by atoms with van der Waals surface area (Å²) in [5.41, 5.74) is 0. The second-order valence-electron chi connectivity index (χ2n) is 8.10.